The number of nitrogens with one attached hydrogen (secondary N) is 3. The molecule has 3 rings (SSSR count). The molecule has 0 saturated carbocycles. The number of carbonyl (C=O) groups is 2. The molecule has 1 heterocycles. The minimum Gasteiger partial charge on any atom is -0.457 e. The van der Waals surface area contributed by atoms with Crippen LogP contribution in [0, 0.1) is 0 Å². The van der Waals surface area contributed by atoms with Crippen molar-refractivity contribution >= 4 is 34.9 Å². The number of nitrogens with zero attached hydrogens (tertiary/aromatic N) is 1. The normalized spacial score (nSPS) is 10.3. The predicted molar refractivity (Wildman–Crippen MR) is 120 cm³/mol. The molecule has 0 aliphatic carbocycles. The molecule has 0 fully saturated rings. The van der Waals surface area contributed by atoms with Crippen LogP contribution in [0.25, 0.3) is 0 Å². The number of anilines is 2. The lowest BCUT2D eigenvalue weighted by Gasteiger charge is -2.12. The fourth-order valence-corrected chi connectivity index (χ4v) is 2.81. The average molecular weight is 501 g/mol. The predicted octanol–water partition coefficient (Wildman–Crippen LogP) is 3.90. The van der Waals surface area contributed by atoms with Crippen LogP contribution >= 0.6 is 11.6 Å². The van der Waals surface area contributed by atoms with Gasteiger partial charge in [-0.1, -0.05) is 11.6 Å². The van der Waals surface area contributed by atoms with Crippen LogP contribution in [0.1, 0.15) is 16.1 Å². The zero-order chi connectivity index (χ0) is 23.3. The second-order valence-electron chi connectivity index (χ2n) is 6.35. The number of hydrogen-bond acceptors (Lipinski definition) is 4. The van der Waals surface area contributed by atoms with Crippen LogP contribution in [0.3, 0.4) is 0 Å². The minimum absolute atomic E-state index is 0. The van der Waals surface area contributed by atoms with E-state index in [1.54, 1.807) is 30.3 Å². The molecule has 1 aromatic heterocycles. The maximum Gasteiger partial charge on any atom is 0.417 e. The summed E-state index contributed by atoms with van der Waals surface area (Å²) in [5.41, 5.74) is -0.547. The summed E-state index contributed by atoms with van der Waals surface area (Å²) < 4.78 is 44.5. The molecule has 9 nitrogen and oxygen atoms in total. The smallest absolute Gasteiger partial charge is 0.417 e. The van der Waals surface area contributed by atoms with Crippen molar-refractivity contribution in [2.75, 3.05) is 17.7 Å². The van der Waals surface area contributed by atoms with Crippen LogP contribution in [0.4, 0.5) is 29.3 Å². The molecular weight excluding hydrogens is 481 g/mol. The number of ether oxygens (including phenoxy) is 1. The molecule has 0 unspecified atom stereocenters. The second kappa shape index (κ2) is 11.8. The molecule has 182 valence electrons. The van der Waals surface area contributed by atoms with Crippen molar-refractivity contribution in [2.45, 2.75) is 6.18 Å². The van der Waals surface area contributed by atoms with Gasteiger partial charge in [0, 0.05) is 30.7 Å². The highest BCUT2D eigenvalue weighted by molar-refractivity contribution is 6.31. The van der Waals surface area contributed by atoms with Crippen molar-refractivity contribution < 1.29 is 38.4 Å². The molecule has 0 aliphatic heterocycles. The van der Waals surface area contributed by atoms with E-state index in [0.29, 0.717) is 17.2 Å². The molecule has 13 heteroatoms. The quantitative estimate of drug-likeness (QED) is 0.485. The maximum absolute atomic E-state index is 12.9. The molecule has 34 heavy (non-hydrogen) atoms. The molecule has 3 aromatic rings. The average Bonchev–Trinajstić information content (AvgIpc) is 2.75. The van der Waals surface area contributed by atoms with E-state index in [0.717, 1.165) is 12.1 Å². The first kappa shape index (κ1) is 28.2. The summed E-state index contributed by atoms with van der Waals surface area (Å²) in [5.74, 6) is 0.460. The van der Waals surface area contributed by atoms with Gasteiger partial charge < -0.3 is 31.6 Å². The first-order valence-electron chi connectivity index (χ1n) is 9.06. The highest BCUT2D eigenvalue weighted by Gasteiger charge is 2.33. The summed E-state index contributed by atoms with van der Waals surface area (Å²) in [5, 5.41) is 6.83. The van der Waals surface area contributed by atoms with Crippen molar-refractivity contribution in [1.29, 1.82) is 0 Å². The molecule has 7 N–H and O–H groups in total. The van der Waals surface area contributed by atoms with E-state index in [1.165, 1.54) is 25.4 Å². The molecular formula is C21H20ClF3N4O5. The Labute approximate surface area is 196 Å². The number of alkyl halides is 3. The van der Waals surface area contributed by atoms with Crippen molar-refractivity contribution in [2.24, 2.45) is 0 Å². The van der Waals surface area contributed by atoms with E-state index in [2.05, 4.69) is 20.9 Å². The fraction of sp³-hybridized carbons (Fsp3) is 0.0952. The third-order valence-corrected chi connectivity index (χ3v) is 4.40. The molecule has 0 aliphatic rings. The first-order valence-corrected chi connectivity index (χ1v) is 9.44. The summed E-state index contributed by atoms with van der Waals surface area (Å²) in [6.45, 7) is 0. The van der Waals surface area contributed by atoms with Crippen molar-refractivity contribution in [3.63, 3.8) is 0 Å². The highest BCUT2D eigenvalue weighted by Crippen LogP contribution is 2.36. The molecule has 0 radical (unpaired) electrons. The van der Waals surface area contributed by atoms with Crippen LogP contribution < -0.4 is 20.7 Å². The Balaban J connectivity index is 0.00000289. The Morgan fingerprint density at radius 2 is 1.53 bits per heavy atom. The van der Waals surface area contributed by atoms with E-state index in [-0.39, 0.29) is 28.2 Å². The van der Waals surface area contributed by atoms with E-state index in [9.17, 15) is 22.8 Å². The third-order valence-electron chi connectivity index (χ3n) is 4.07. The van der Waals surface area contributed by atoms with Gasteiger partial charge in [0.05, 0.1) is 10.6 Å². The number of halogens is 4. The van der Waals surface area contributed by atoms with Crippen LogP contribution in [0.5, 0.6) is 11.5 Å². The van der Waals surface area contributed by atoms with Crippen molar-refractivity contribution in [3.05, 3.63) is 77.1 Å². The van der Waals surface area contributed by atoms with Gasteiger partial charge in [-0.2, -0.15) is 13.2 Å². The SMILES string of the molecule is CNC(=O)c1cc(Oc2ccc(NC(=O)Nc3ccc(Cl)c(C(F)(F)F)c3)cc2)ccn1.O.O. The van der Waals surface area contributed by atoms with Crippen LogP contribution in [-0.2, 0) is 6.18 Å². The van der Waals surface area contributed by atoms with Gasteiger partial charge in [-0.25, -0.2) is 4.79 Å². The molecule has 0 bridgehead atoms. The Morgan fingerprint density at radius 1 is 0.912 bits per heavy atom. The Kier molecular flexibility index (Phi) is 9.80. The minimum atomic E-state index is -4.64. The highest BCUT2D eigenvalue weighted by atomic mass is 35.5. The molecule has 2 aromatic carbocycles. The lowest BCUT2D eigenvalue weighted by atomic mass is 10.2. The van der Waals surface area contributed by atoms with Gasteiger partial charge in [0.1, 0.15) is 17.2 Å². The largest absolute Gasteiger partial charge is 0.457 e. The van der Waals surface area contributed by atoms with Gasteiger partial charge in [0.15, 0.2) is 0 Å². The van der Waals surface area contributed by atoms with E-state index >= 15 is 0 Å². The number of amides is 3. The summed E-state index contributed by atoms with van der Waals surface area (Å²) in [6, 6.07) is 11.6. The van der Waals surface area contributed by atoms with Crippen LogP contribution in [0.2, 0.25) is 5.02 Å². The van der Waals surface area contributed by atoms with E-state index in [1.807, 2.05) is 0 Å². The number of carbonyl (C=O) groups excluding carboxylic acids is 2. The lowest BCUT2D eigenvalue weighted by molar-refractivity contribution is -0.137. The Bertz CT molecular complexity index is 1140. The monoisotopic (exact) mass is 500 g/mol. The Hall–Kier alpha value is -3.87. The molecule has 0 saturated heterocycles. The zero-order valence-electron chi connectivity index (χ0n) is 17.5. The van der Waals surface area contributed by atoms with Gasteiger partial charge in [-0.3, -0.25) is 9.78 Å². The topological polar surface area (TPSA) is 155 Å². The number of hydrogen-bond donors (Lipinski definition) is 3. The second-order valence-corrected chi connectivity index (χ2v) is 6.76. The van der Waals surface area contributed by atoms with Crippen LogP contribution in [0.15, 0.2) is 60.8 Å². The molecule has 3 amide bonds. The van der Waals surface area contributed by atoms with Crippen molar-refractivity contribution in [1.82, 2.24) is 10.3 Å². The first-order chi connectivity index (χ1) is 15.2. The van der Waals surface area contributed by atoms with Crippen molar-refractivity contribution in [3.8, 4) is 11.5 Å². The molecule has 0 spiro atoms. The third kappa shape index (κ3) is 7.33. The number of benzene rings is 2. The van der Waals surface area contributed by atoms with Crippen LogP contribution in [-0.4, -0.2) is 34.9 Å². The maximum atomic E-state index is 12.9. The van der Waals surface area contributed by atoms with E-state index in [4.69, 9.17) is 16.3 Å². The number of pyridine rings is 1. The number of urea groups is 1. The van der Waals surface area contributed by atoms with E-state index < -0.39 is 22.8 Å². The number of rotatable bonds is 5. The van der Waals surface area contributed by atoms with Gasteiger partial charge in [-0.05, 0) is 48.5 Å². The summed E-state index contributed by atoms with van der Waals surface area (Å²) in [4.78, 5) is 27.7. The fourth-order valence-electron chi connectivity index (χ4n) is 2.58. The lowest BCUT2D eigenvalue weighted by Crippen LogP contribution is -2.19. The number of aromatic nitrogens is 1. The summed E-state index contributed by atoms with van der Waals surface area (Å²) >= 11 is 5.57. The van der Waals surface area contributed by atoms with Gasteiger partial charge >= 0.3 is 12.2 Å². The van der Waals surface area contributed by atoms with Gasteiger partial charge in [0.25, 0.3) is 5.91 Å². The van der Waals surface area contributed by atoms with Gasteiger partial charge in [0.2, 0.25) is 0 Å². The Morgan fingerprint density at radius 3 is 2.15 bits per heavy atom. The summed E-state index contributed by atoms with van der Waals surface area (Å²) in [7, 11) is 1.49. The van der Waals surface area contributed by atoms with Gasteiger partial charge in [-0.15, -0.1) is 0 Å². The standard InChI is InChI=1S/C21H16ClF3N4O3.2H2O/c1-26-19(30)18-11-15(8-9-27-18)32-14-5-2-12(3-6-14)28-20(31)29-13-4-7-17(22)16(10-13)21(23,24)25;;/h2-11H,1H3,(H,26,30)(H2,28,29,31);2*1H2. The molecule has 0 atom stereocenters. The zero-order valence-corrected chi connectivity index (χ0v) is 18.2. The summed E-state index contributed by atoms with van der Waals surface area (Å²) in [6.07, 6.45) is -3.21.